The highest BCUT2D eigenvalue weighted by Crippen LogP contribution is 2.33. The maximum Gasteiger partial charge on any atom is 0.254 e. The van der Waals surface area contributed by atoms with Gasteiger partial charge in [-0.1, -0.05) is 6.07 Å². The Balaban J connectivity index is 1.53. The van der Waals surface area contributed by atoms with Gasteiger partial charge in [0, 0.05) is 30.9 Å². The topological polar surface area (TPSA) is 50.8 Å². The average Bonchev–Trinajstić information content (AvgIpc) is 3.26. The van der Waals surface area contributed by atoms with Crippen molar-refractivity contribution in [2.24, 2.45) is 0 Å². The van der Waals surface area contributed by atoms with Gasteiger partial charge in [-0.05, 0) is 54.8 Å². The first-order valence-corrected chi connectivity index (χ1v) is 8.29. The van der Waals surface area contributed by atoms with E-state index in [0.717, 1.165) is 41.3 Å². The van der Waals surface area contributed by atoms with Gasteiger partial charge in [0.05, 0.1) is 0 Å². The van der Waals surface area contributed by atoms with Crippen LogP contribution >= 0.6 is 0 Å². The van der Waals surface area contributed by atoms with Gasteiger partial charge in [-0.25, -0.2) is 0 Å². The van der Waals surface area contributed by atoms with Crippen molar-refractivity contribution in [3.63, 3.8) is 0 Å². The summed E-state index contributed by atoms with van der Waals surface area (Å²) in [7, 11) is 0. The molecule has 5 heteroatoms. The maximum absolute atomic E-state index is 12.9. The third kappa shape index (κ3) is 2.66. The number of ether oxygens (including phenoxy) is 2. The summed E-state index contributed by atoms with van der Waals surface area (Å²) in [5.74, 6) is 1.57. The normalized spacial score (nSPS) is 14.2. The molecule has 1 N–H and O–H groups in total. The average molecular weight is 324 g/mol. The molecule has 0 spiro atoms. The Kier molecular flexibility index (Phi) is 3.76. The van der Waals surface area contributed by atoms with E-state index in [1.165, 1.54) is 5.56 Å². The minimum absolute atomic E-state index is 0.0601. The van der Waals surface area contributed by atoms with Gasteiger partial charge >= 0.3 is 0 Å². The molecule has 2 aromatic rings. The standard InChI is InChI=1S/C19H20N2O3/c1-2-21(11-13-3-6-17-18(9-13)24-12-23-17)19(22)15-4-5-16-14(10-15)7-8-20-16/h3-6,9-10,20H,2,7-8,11-12H2,1H3. The summed E-state index contributed by atoms with van der Waals surface area (Å²) in [5, 5.41) is 3.32. The SMILES string of the molecule is CCN(Cc1ccc2c(c1)OCO2)C(=O)c1ccc2c(c1)CCN2. The minimum atomic E-state index is 0.0601. The first kappa shape index (κ1) is 14.9. The number of fused-ring (bicyclic) bond motifs is 2. The predicted molar refractivity (Wildman–Crippen MR) is 91.6 cm³/mol. The van der Waals surface area contributed by atoms with Gasteiger partial charge in [0.15, 0.2) is 11.5 Å². The lowest BCUT2D eigenvalue weighted by molar-refractivity contribution is 0.0752. The Morgan fingerprint density at radius 1 is 1.17 bits per heavy atom. The number of carbonyl (C=O) groups is 1. The number of hydrogen-bond acceptors (Lipinski definition) is 4. The maximum atomic E-state index is 12.9. The Hall–Kier alpha value is -2.69. The molecule has 0 aromatic heterocycles. The summed E-state index contributed by atoms with van der Waals surface area (Å²) in [6, 6.07) is 11.8. The molecule has 5 nitrogen and oxygen atoms in total. The van der Waals surface area contributed by atoms with Crippen LogP contribution in [0.1, 0.15) is 28.4 Å². The van der Waals surface area contributed by atoms with Crippen LogP contribution < -0.4 is 14.8 Å². The summed E-state index contributed by atoms with van der Waals surface area (Å²) < 4.78 is 10.8. The quantitative estimate of drug-likeness (QED) is 0.939. The molecular weight excluding hydrogens is 304 g/mol. The first-order valence-electron chi connectivity index (χ1n) is 8.29. The Morgan fingerprint density at radius 2 is 2.04 bits per heavy atom. The number of anilines is 1. The van der Waals surface area contributed by atoms with E-state index in [9.17, 15) is 4.79 Å². The summed E-state index contributed by atoms with van der Waals surface area (Å²) in [6.07, 6.45) is 0.977. The zero-order valence-electron chi connectivity index (χ0n) is 13.7. The van der Waals surface area contributed by atoms with E-state index in [1.54, 1.807) is 0 Å². The van der Waals surface area contributed by atoms with E-state index in [4.69, 9.17) is 9.47 Å². The van der Waals surface area contributed by atoms with Gasteiger partial charge in [0.25, 0.3) is 5.91 Å². The van der Waals surface area contributed by atoms with Gasteiger partial charge in [-0.15, -0.1) is 0 Å². The van der Waals surface area contributed by atoms with E-state index in [-0.39, 0.29) is 12.7 Å². The van der Waals surface area contributed by atoms with Crippen molar-refractivity contribution >= 4 is 11.6 Å². The largest absolute Gasteiger partial charge is 0.454 e. The zero-order chi connectivity index (χ0) is 16.5. The van der Waals surface area contributed by atoms with Gasteiger partial charge < -0.3 is 19.7 Å². The Bertz CT molecular complexity index is 788. The van der Waals surface area contributed by atoms with Gasteiger partial charge in [-0.2, -0.15) is 0 Å². The summed E-state index contributed by atoms with van der Waals surface area (Å²) in [5.41, 5.74) is 4.16. The number of hydrogen-bond donors (Lipinski definition) is 1. The lowest BCUT2D eigenvalue weighted by atomic mass is 10.1. The van der Waals surface area contributed by atoms with Crippen LogP contribution in [0.3, 0.4) is 0 Å². The Morgan fingerprint density at radius 3 is 2.92 bits per heavy atom. The molecule has 0 saturated heterocycles. The molecule has 0 bridgehead atoms. The van der Waals surface area contributed by atoms with E-state index in [1.807, 2.05) is 48.2 Å². The van der Waals surface area contributed by atoms with Crippen LogP contribution in [0, 0.1) is 0 Å². The molecule has 4 rings (SSSR count). The van der Waals surface area contributed by atoms with Crippen molar-refractivity contribution in [3.8, 4) is 11.5 Å². The molecule has 2 aromatic carbocycles. The number of nitrogens with zero attached hydrogens (tertiary/aromatic N) is 1. The van der Waals surface area contributed by atoms with Crippen LogP contribution in [0.25, 0.3) is 0 Å². The number of rotatable bonds is 4. The highest BCUT2D eigenvalue weighted by molar-refractivity contribution is 5.95. The molecular formula is C19H20N2O3. The number of benzene rings is 2. The summed E-state index contributed by atoms with van der Waals surface area (Å²) in [6.45, 7) is 4.42. The molecule has 0 aliphatic carbocycles. The first-order chi connectivity index (χ1) is 11.7. The van der Waals surface area contributed by atoms with Crippen LogP contribution in [0.15, 0.2) is 36.4 Å². The molecule has 2 aliphatic heterocycles. The molecule has 24 heavy (non-hydrogen) atoms. The fourth-order valence-electron chi connectivity index (χ4n) is 3.21. The molecule has 2 heterocycles. The Labute approximate surface area is 141 Å². The lowest BCUT2D eigenvalue weighted by Gasteiger charge is -2.21. The number of carbonyl (C=O) groups excluding carboxylic acids is 1. The van der Waals surface area contributed by atoms with Crippen molar-refractivity contribution < 1.29 is 14.3 Å². The summed E-state index contributed by atoms with van der Waals surface area (Å²) >= 11 is 0. The molecule has 0 radical (unpaired) electrons. The van der Waals surface area contributed by atoms with Gasteiger partial charge in [0.1, 0.15) is 0 Å². The molecule has 0 atom stereocenters. The fraction of sp³-hybridized carbons (Fsp3) is 0.316. The van der Waals surface area contributed by atoms with E-state index < -0.39 is 0 Å². The van der Waals surface area contributed by atoms with Crippen molar-refractivity contribution in [2.75, 3.05) is 25.2 Å². The van der Waals surface area contributed by atoms with Crippen LogP contribution in [0.2, 0.25) is 0 Å². The molecule has 0 fully saturated rings. The van der Waals surface area contributed by atoms with Crippen LogP contribution in [-0.4, -0.2) is 30.7 Å². The van der Waals surface area contributed by atoms with Crippen LogP contribution in [0.4, 0.5) is 5.69 Å². The van der Waals surface area contributed by atoms with Crippen molar-refractivity contribution in [2.45, 2.75) is 19.9 Å². The molecule has 0 saturated carbocycles. The highest BCUT2D eigenvalue weighted by Gasteiger charge is 2.19. The van der Waals surface area contributed by atoms with Crippen LogP contribution in [-0.2, 0) is 13.0 Å². The van der Waals surface area contributed by atoms with Gasteiger partial charge in [-0.3, -0.25) is 4.79 Å². The molecule has 2 aliphatic rings. The minimum Gasteiger partial charge on any atom is -0.454 e. The number of amides is 1. The van der Waals surface area contributed by atoms with Gasteiger partial charge in [0.2, 0.25) is 6.79 Å². The van der Waals surface area contributed by atoms with Crippen molar-refractivity contribution in [1.82, 2.24) is 4.90 Å². The predicted octanol–water partition coefficient (Wildman–Crippen LogP) is 3.05. The second-order valence-corrected chi connectivity index (χ2v) is 6.06. The highest BCUT2D eigenvalue weighted by atomic mass is 16.7. The van der Waals surface area contributed by atoms with E-state index in [2.05, 4.69) is 5.32 Å². The lowest BCUT2D eigenvalue weighted by Crippen LogP contribution is -2.30. The van der Waals surface area contributed by atoms with E-state index >= 15 is 0 Å². The van der Waals surface area contributed by atoms with E-state index in [0.29, 0.717) is 13.1 Å². The molecule has 1 amide bonds. The van der Waals surface area contributed by atoms with Crippen molar-refractivity contribution in [1.29, 1.82) is 0 Å². The molecule has 0 unspecified atom stereocenters. The zero-order valence-corrected chi connectivity index (χ0v) is 13.7. The number of nitrogens with one attached hydrogen (secondary N) is 1. The second-order valence-electron chi connectivity index (χ2n) is 6.06. The molecule has 124 valence electrons. The summed E-state index contributed by atoms with van der Waals surface area (Å²) in [4.78, 5) is 14.7. The monoisotopic (exact) mass is 324 g/mol. The second kappa shape index (κ2) is 6.07. The third-order valence-electron chi connectivity index (χ3n) is 4.54. The van der Waals surface area contributed by atoms with Crippen LogP contribution in [0.5, 0.6) is 11.5 Å². The fourth-order valence-corrected chi connectivity index (χ4v) is 3.21. The van der Waals surface area contributed by atoms with Crippen molar-refractivity contribution in [3.05, 3.63) is 53.1 Å². The smallest absolute Gasteiger partial charge is 0.254 e. The third-order valence-corrected chi connectivity index (χ3v) is 4.54.